The molecule has 0 saturated carbocycles. The number of unbranched alkanes of at least 4 members (excludes halogenated alkanes) is 2. The van der Waals surface area contributed by atoms with E-state index in [0.29, 0.717) is 19.3 Å². The van der Waals surface area contributed by atoms with Crippen LogP contribution in [0.2, 0.25) is 0 Å². The largest absolute Gasteiger partial charge is 0.391 e. The number of nitrogens with zero attached hydrogens (tertiary/aromatic N) is 4. The summed E-state index contributed by atoms with van der Waals surface area (Å²) in [5, 5.41) is 43.0. The first-order chi connectivity index (χ1) is 39.9. The summed E-state index contributed by atoms with van der Waals surface area (Å²) >= 11 is 0. The molecule has 0 radical (unpaired) electrons. The lowest BCUT2D eigenvalue weighted by molar-refractivity contribution is -0.136. The molecule has 36 nitrogen and oxygen atoms in total. The van der Waals surface area contributed by atoms with Crippen LogP contribution in [-0.2, 0) is 47.9 Å². The molecule has 11 atom stereocenters. The Hall–Kier alpha value is -8.38. The molecule has 0 aromatic heterocycles. The number of rotatable bonds is 44. The summed E-state index contributed by atoms with van der Waals surface area (Å²) in [6.45, 7) is 5.28. The van der Waals surface area contributed by atoms with Gasteiger partial charge in [0, 0.05) is 33.1 Å². The number of hydrogen-bond acceptors (Lipinski definition) is 18. The number of carbonyl (C=O) groups excluding carboxylic acids is 10. The Kier molecular flexibility index (Phi) is 38.2. The van der Waals surface area contributed by atoms with Gasteiger partial charge in [-0.3, -0.25) is 67.9 Å². The molecule has 33 N–H and O–H groups in total. The maximum absolute atomic E-state index is 14.5. The minimum absolute atomic E-state index is 0.00107. The third-order valence-electron chi connectivity index (χ3n) is 12.4. The van der Waals surface area contributed by atoms with E-state index in [0.717, 1.165) is 6.92 Å². The van der Waals surface area contributed by atoms with Gasteiger partial charge in [0.15, 0.2) is 23.8 Å². The van der Waals surface area contributed by atoms with Crippen LogP contribution in [0.4, 0.5) is 0 Å². The second-order valence-corrected chi connectivity index (χ2v) is 20.0. The van der Waals surface area contributed by atoms with Crippen LogP contribution in [-0.4, -0.2) is 199 Å². The highest BCUT2D eigenvalue weighted by molar-refractivity contribution is 5.98. The van der Waals surface area contributed by atoms with Gasteiger partial charge >= 0.3 is 0 Å². The number of hydrogen-bond donors (Lipinski definition) is 22. The van der Waals surface area contributed by atoms with Gasteiger partial charge in [-0.1, -0.05) is 0 Å². The zero-order valence-corrected chi connectivity index (χ0v) is 49.1. The highest BCUT2D eigenvalue weighted by Crippen LogP contribution is 2.11. The van der Waals surface area contributed by atoms with Gasteiger partial charge in [0.2, 0.25) is 59.1 Å². The summed E-state index contributed by atoms with van der Waals surface area (Å²) < 4.78 is 0. The molecule has 85 heavy (non-hydrogen) atoms. The number of amides is 10. The van der Waals surface area contributed by atoms with Crippen LogP contribution < -0.4 is 111 Å². The first-order valence-corrected chi connectivity index (χ1v) is 27.9. The van der Waals surface area contributed by atoms with Crippen molar-refractivity contribution in [3.63, 3.8) is 0 Å². The van der Waals surface area contributed by atoms with Crippen LogP contribution in [0.25, 0.3) is 0 Å². The standard InChI is InChI=1S/C49H96N24O12/c1-25(65-45(85)36(27(3)75)66-28(4)76)38(78)67-31(15-9-21-61-46(53)54)41(81)70-33(17-11-23-63-48(57)58)43(83)71-32(16-10-22-62-47(55)56)42(82)69-29(13-5-7-19-50)39(79)68-30(14-6-8-20-51)40(80)72-34(18-12-24-64-49(59)60)44(84)73-35(26(2)74)37(52)77/h25-27,29-36,74-75H,5-24,50-51H2,1-4H3,(H2,52,77)(H,65,85)(H,66,76)(H,67,78)(H,68,79)(H,69,82)(H,70,81)(H,71,83)(H,72,80)(H,73,84)(H4,53,54,61)(H4,55,56,62)(H4,57,58,63)(H4,59,60,64)/t25-,26+,27+,29-,30-,31-,32-,33-,34-,35-,36-/m0/s1. The third kappa shape index (κ3) is 34.1. The molecule has 0 saturated heterocycles. The molecule has 0 rings (SSSR count). The van der Waals surface area contributed by atoms with Crippen LogP contribution in [0.3, 0.4) is 0 Å². The van der Waals surface area contributed by atoms with Crippen molar-refractivity contribution in [1.82, 2.24) is 47.9 Å². The molecule has 0 aromatic rings. The Bertz CT molecular complexity index is 2270. The van der Waals surface area contributed by atoms with Crippen molar-refractivity contribution in [3.8, 4) is 0 Å². The molecule has 0 heterocycles. The van der Waals surface area contributed by atoms with Crippen molar-refractivity contribution in [3.05, 3.63) is 0 Å². The van der Waals surface area contributed by atoms with Gasteiger partial charge in [-0.05, 0) is 124 Å². The number of nitrogens with two attached hydrogens (primary N) is 11. The van der Waals surface area contributed by atoms with Gasteiger partial charge in [-0.15, -0.1) is 0 Å². The lowest BCUT2D eigenvalue weighted by Gasteiger charge is -2.28. The summed E-state index contributed by atoms with van der Waals surface area (Å²) in [5.74, 6) is -9.90. The number of aliphatic hydroxyl groups is 2. The predicted molar refractivity (Wildman–Crippen MR) is 317 cm³/mol. The Morgan fingerprint density at radius 2 is 0.600 bits per heavy atom. The molecule has 0 aliphatic rings. The average molecular weight is 1210 g/mol. The number of guanidine groups is 4. The Morgan fingerprint density at radius 1 is 0.341 bits per heavy atom. The molecule has 0 aliphatic heterocycles. The lowest BCUT2D eigenvalue weighted by atomic mass is 10.0. The van der Waals surface area contributed by atoms with E-state index >= 15 is 0 Å². The molecular weight excluding hydrogens is 1120 g/mol. The Balaban J connectivity index is 7.29. The molecule has 0 fully saturated rings. The molecule has 484 valence electrons. The number of nitrogens with one attached hydrogen (secondary N) is 9. The Labute approximate surface area is 494 Å². The topological polar surface area (TPSA) is 655 Å². The molecule has 0 spiro atoms. The van der Waals surface area contributed by atoms with E-state index in [2.05, 4.69) is 67.8 Å². The predicted octanol–water partition coefficient (Wildman–Crippen LogP) is -9.89. The summed E-state index contributed by atoms with van der Waals surface area (Å²) in [4.78, 5) is 152. The molecular formula is C49H96N24O12. The fraction of sp³-hybridized carbons (Fsp3) is 0.714. The molecule has 10 amide bonds. The van der Waals surface area contributed by atoms with E-state index < -0.39 is 126 Å². The first kappa shape index (κ1) is 76.6. The van der Waals surface area contributed by atoms with Crippen LogP contribution in [0, 0.1) is 0 Å². The zero-order chi connectivity index (χ0) is 64.8. The van der Waals surface area contributed by atoms with E-state index in [1.54, 1.807) is 0 Å². The van der Waals surface area contributed by atoms with Gasteiger partial charge < -0.3 is 121 Å². The highest BCUT2D eigenvalue weighted by Gasteiger charge is 2.35. The third-order valence-corrected chi connectivity index (χ3v) is 12.4. The second kappa shape index (κ2) is 42.4. The second-order valence-electron chi connectivity index (χ2n) is 20.0. The summed E-state index contributed by atoms with van der Waals surface area (Å²) in [7, 11) is 0. The van der Waals surface area contributed by atoms with Gasteiger partial charge in [0.05, 0.1) is 12.2 Å². The minimum Gasteiger partial charge on any atom is -0.391 e. The van der Waals surface area contributed by atoms with Crippen LogP contribution in [0.5, 0.6) is 0 Å². The van der Waals surface area contributed by atoms with Crippen LogP contribution in [0.15, 0.2) is 20.0 Å². The number of aliphatic hydroxyl groups excluding tert-OH is 2. The molecule has 0 unspecified atom stereocenters. The van der Waals surface area contributed by atoms with Crippen molar-refractivity contribution >= 4 is 82.9 Å². The lowest BCUT2D eigenvalue weighted by Crippen LogP contribution is -2.60. The molecule has 36 heteroatoms. The van der Waals surface area contributed by atoms with Crippen LogP contribution in [0.1, 0.15) is 118 Å². The summed E-state index contributed by atoms with van der Waals surface area (Å²) in [5.41, 5.74) is 61.0. The van der Waals surface area contributed by atoms with Gasteiger partial charge in [0.25, 0.3) is 0 Å². The Morgan fingerprint density at radius 3 is 0.835 bits per heavy atom. The van der Waals surface area contributed by atoms with E-state index in [1.165, 1.54) is 20.8 Å². The summed E-state index contributed by atoms with van der Waals surface area (Å²) in [6.07, 6.45) is -1.61. The van der Waals surface area contributed by atoms with Crippen molar-refractivity contribution in [2.24, 2.45) is 83.0 Å². The fourth-order valence-corrected chi connectivity index (χ4v) is 7.95. The SMILES string of the molecule is CC(=O)N[C@H](C(=O)N[C@@H](C)C(=O)N[C@@H](CCCN=C(N)N)C(=O)N[C@@H](CCCN=C(N)N)C(=O)N[C@@H](CCCN=C(N)N)C(=O)N[C@@H](CCCCN)C(=O)N[C@@H](CCCCN)C(=O)N[C@@H](CCCN=C(N)N)C(=O)N[C@H](C(N)=O)[C@@H](C)O)[C@@H](C)O. The van der Waals surface area contributed by atoms with Gasteiger partial charge in [0.1, 0.15) is 54.4 Å². The van der Waals surface area contributed by atoms with E-state index in [1.807, 2.05) is 0 Å². The van der Waals surface area contributed by atoms with Crippen LogP contribution >= 0.6 is 0 Å². The zero-order valence-electron chi connectivity index (χ0n) is 49.1. The fourth-order valence-electron chi connectivity index (χ4n) is 7.95. The van der Waals surface area contributed by atoms with Crippen molar-refractivity contribution in [2.75, 3.05) is 39.3 Å². The molecule has 0 bridgehead atoms. The first-order valence-electron chi connectivity index (χ1n) is 27.9. The van der Waals surface area contributed by atoms with Gasteiger partial charge in [-0.2, -0.15) is 0 Å². The molecule has 0 aliphatic carbocycles. The quantitative estimate of drug-likeness (QED) is 0.0153. The van der Waals surface area contributed by atoms with E-state index in [4.69, 9.17) is 63.1 Å². The van der Waals surface area contributed by atoms with Gasteiger partial charge in [-0.25, -0.2) is 0 Å². The normalized spacial score (nSPS) is 14.7. The highest BCUT2D eigenvalue weighted by atomic mass is 16.3. The number of carbonyl (C=O) groups is 10. The molecule has 0 aromatic carbocycles. The number of primary amides is 1. The number of aliphatic imine (C=N–C) groups is 4. The van der Waals surface area contributed by atoms with Crippen molar-refractivity contribution in [1.29, 1.82) is 0 Å². The van der Waals surface area contributed by atoms with Crippen molar-refractivity contribution in [2.45, 2.75) is 184 Å². The maximum Gasteiger partial charge on any atom is 0.245 e. The average Bonchev–Trinajstić information content (AvgIpc) is 3.60. The minimum atomic E-state index is -1.54. The maximum atomic E-state index is 14.5. The van der Waals surface area contributed by atoms with E-state index in [-0.39, 0.29) is 134 Å². The summed E-state index contributed by atoms with van der Waals surface area (Å²) in [6, 6.07) is -12.8. The smallest absolute Gasteiger partial charge is 0.245 e. The van der Waals surface area contributed by atoms with E-state index in [9.17, 15) is 58.2 Å². The van der Waals surface area contributed by atoms with Crippen molar-refractivity contribution < 1.29 is 58.2 Å². The monoisotopic (exact) mass is 1210 g/mol.